The van der Waals surface area contributed by atoms with Crippen molar-refractivity contribution in [3.63, 3.8) is 0 Å². The number of benzene rings is 2. The molecule has 0 saturated carbocycles. The number of likely N-dealkylation sites (tertiary alicyclic amines) is 1. The van der Waals surface area contributed by atoms with E-state index in [-0.39, 0.29) is 16.1 Å². The lowest BCUT2D eigenvalue weighted by molar-refractivity contribution is -0.143. The summed E-state index contributed by atoms with van der Waals surface area (Å²) in [6, 6.07) is 13.5. The van der Waals surface area contributed by atoms with Gasteiger partial charge in [-0.3, -0.25) is 14.3 Å². The molecule has 1 heterocycles. The van der Waals surface area contributed by atoms with E-state index in [1.54, 1.807) is 20.8 Å². The lowest BCUT2D eigenvalue weighted by Crippen LogP contribution is -2.42. The van der Waals surface area contributed by atoms with Crippen LogP contribution in [0.5, 0.6) is 5.75 Å². The smallest absolute Gasteiger partial charge is 0.316 e. The van der Waals surface area contributed by atoms with Gasteiger partial charge in [-0.25, -0.2) is 17.2 Å². The maximum atomic E-state index is 14.8. The van der Waals surface area contributed by atoms with Crippen molar-refractivity contribution in [2.24, 2.45) is 5.41 Å². The summed E-state index contributed by atoms with van der Waals surface area (Å²) in [6.45, 7) is 5.68. The maximum absolute atomic E-state index is 14.8. The van der Waals surface area contributed by atoms with E-state index in [2.05, 4.69) is 16.9 Å². The van der Waals surface area contributed by atoms with Gasteiger partial charge < -0.3 is 9.64 Å². The van der Waals surface area contributed by atoms with Crippen molar-refractivity contribution >= 4 is 39.2 Å². The molecule has 3 aromatic rings. The predicted molar refractivity (Wildman–Crippen MR) is 137 cm³/mol. The second kappa shape index (κ2) is 10.2. The molecule has 38 heavy (non-hydrogen) atoms. The van der Waals surface area contributed by atoms with Crippen molar-refractivity contribution in [2.45, 2.75) is 32.1 Å². The normalized spacial score (nSPS) is 13.4. The Balaban J connectivity index is 1.81. The lowest BCUT2D eigenvalue weighted by atomic mass is 9.97. The minimum atomic E-state index is -4.72. The third-order valence-corrected chi connectivity index (χ3v) is 7.42. The summed E-state index contributed by atoms with van der Waals surface area (Å²) >= 11 is 6.33. The van der Waals surface area contributed by atoms with E-state index in [0.717, 1.165) is 18.6 Å². The highest BCUT2D eigenvalue weighted by molar-refractivity contribution is 7.92. The number of ether oxygens (including phenoxy) is 1. The Morgan fingerprint density at radius 2 is 1.79 bits per heavy atom. The van der Waals surface area contributed by atoms with Crippen molar-refractivity contribution in [1.82, 2.24) is 4.90 Å². The standard InChI is InChI=1S/C27H23ClF2N2O5S/c1-27(2,3)26(34)37-24-19(28)12-17(25(33)32-10-7-11-32)13-23(24)38(35,36)31-22-14-18(20(29)15-21(22)30)16-8-5-4-6-9-16/h5,8-9,12-15,31H,7,10-11H2,1-3H3. The van der Waals surface area contributed by atoms with Crippen LogP contribution in [0, 0.1) is 29.2 Å². The zero-order valence-corrected chi connectivity index (χ0v) is 22.3. The molecule has 1 aliphatic heterocycles. The van der Waals surface area contributed by atoms with Crippen molar-refractivity contribution in [3.05, 3.63) is 76.8 Å². The number of hydrogen-bond acceptors (Lipinski definition) is 5. The summed E-state index contributed by atoms with van der Waals surface area (Å²) in [7, 11) is -4.72. The molecule has 4 rings (SSSR count). The summed E-state index contributed by atoms with van der Waals surface area (Å²) in [4.78, 5) is 26.3. The molecule has 7 nitrogen and oxygen atoms in total. The molecule has 1 aliphatic rings. The third-order valence-electron chi connectivity index (χ3n) is 5.77. The highest BCUT2D eigenvalue weighted by Crippen LogP contribution is 2.38. The number of hydrogen-bond donors (Lipinski definition) is 1. The van der Waals surface area contributed by atoms with Crippen molar-refractivity contribution < 1.29 is 31.5 Å². The van der Waals surface area contributed by atoms with Crippen LogP contribution in [0.1, 0.15) is 37.6 Å². The number of nitrogens with one attached hydrogen (secondary N) is 1. The number of esters is 1. The van der Waals surface area contributed by atoms with Crippen LogP contribution >= 0.6 is 11.6 Å². The highest BCUT2D eigenvalue weighted by atomic mass is 35.5. The monoisotopic (exact) mass is 560 g/mol. The largest absolute Gasteiger partial charge is 0.423 e. The molecule has 0 aromatic heterocycles. The number of amides is 1. The number of halogens is 3. The molecule has 1 fully saturated rings. The fourth-order valence-corrected chi connectivity index (χ4v) is 5.05. The minimum Gasteiger partial charge on any atom is -0.423 e. The zero-order chi connectivity index (χ0) is 27.8. The molecular formula is C27H23ClF2N2O5S. The quantitative estimate of drug-likeness (QED) is 0.318. The second-order valence-electron chi connectivity index (χ2n) is 9.71. The maximum Gasteiger partial charge on any atom is 0.316 e. The van der Waals surface area contributed by atoms with Crippen LogP contribution in [0.4, 0.5) is 14.5 Å². The Hall–Kier alpha value is -3.68. The fraction of sp³-hybridized carbons (Fsp3) is 0.259. The fourth-order valence-electron chi connectivity index (χ4n) is 3.50. The van der Waals surface area contributed by atoms with Gasteiger partial charge in [0.15, 0.2) is 5.75 Å². The van der Waals surface area contributed by atoms with Crippen LogP contribution in [-0.2, 0) is 14.8 Å². The van der Waals surface area contributed by atoms with Crippen LogP contribution < -0.4 is 9.46 Å². The summed E-state index contributed by atoms with van der Waals surface area (Å²) in [5.41, 5.74) is -1.42. The number of sulfonamides is 1. The van der Waals surface area contributed by atoms with Gasteiger partial charge in [-0.1, -0.05) is 23.7 Å². The van der Waals surface area contributed by atoms with Crippen molar-refractivity contribution in [3.8, 4) is 16.9 Å². The van der Waals surface area contributed by atoms with Gasteiger partial charge in [0.25, 0.3) is 15.9 Å². The summed E-state index contributed by atoms with van der Waals surface area (Å²) in [5.74, 6) is -3.88. The number of rotatable bonds is 6. The van der Waals surface area contributed by atoms with Gasteiger partial charge in [-0.2, -0.15) is 0 Å². The number of carbonyl (C=O) groups excluding carboxylic acids is 2. The van der Waals surface area contributed by atoms with E-state index in [0.29, 0.717) is 24.7 Å². The molecule has 1 amide bonds. The molecule has 0 spiro atoms. The molecule has 0 unspecified atom stereocenters. The van der Waals surface area contributed by atoms with Crippen LogP contribution in [-0.4, -0.2) is 38.3 Å². The Bertz CT molecular complexity index is 1520. The Labute approximate surface area is 224 Å². The van der Waals surface area contributed by atoms with Crippen LogP contribution in [0.2, 0.25) is 5.02 Å². The first-order valence-electron chi connectivity index (χ1n) is 11.5. The van der Waals surface area contributed by atoms with Crippen LogP contribution in [0.25, 0.3) is 11.1 Å². The zero-order valence-electron chi connectivity index (χ0n) is 20.7. The Morgan fingerprint density at radius 3 is 2.37 bits per heavy atom. The highest BCUT2D eigenvalue weighted by Gasteiger charge is 2.32. The summed E-state index contributed by atoms with van der Waals surface area (Å²) in [6.07, 6.45) is 0.802. The first kappa shape index (κ1) is 27.4. The number of carbonyl (C=O) groups is 2. The average Bonchev–Trinajstić information content (AvgIpc) is 2.80. The summed E-state index contributed by atoms with van der Waals surface area (Å²) < 4.78 is 63.9. The van der Waals surface area contributed by atoms with Gasteiger partial charge in [-0.15, -0.1) is 0 Å². The van der Waals surface area contributed by atoms with Gasteiger partial charge >= 0.3 is 5.97 Å². The van der Waals surface area contributed by atoms with Gasteiger partial charge in [0.05, 0.1) is 16.1 Å². The minimum absolute atomic E-state index is 0.0537. The van der Waals surface area contributed by atoms with Gasteiger partial charge in [0.2, 0.25) is 0 Å². The molecule has 1 saturated heterocycles. The van der Waals surface area contributed by atoms with Gasteiger partial charge in [-0.05, 0) is 69.2 Å². The first-order valence-corrected chi connectivity index (χ1v) is 13.4. The van der Waals surface area contributed by atoms with E-state index in [1.807, 2.05) is 0 Å². The van der Waals surface area contributed by atoms with Crippen molar-refractivity contribution in [2.75, 3.05) is 17.8 Å². The van der Waals surface area contributed by atoms with E-state index in [1.165, 1.54) is 29.2 Å². The molecule has 1 N–H and O–H groups in total. The second-order valence-corrected chi connectivity index (χ2v) is 11.8. The number of nitrogens with zero attached hydrogens (tertiary/aromatic N) is 1. The predicted octanol–water partition coefficient (Wildman–Crippen LogP) is 5.48. The lowest BCUT2D eigenvalue weighted by Gasteiger charge is -2.31. The Morgan fingerprint density at radius 1 is 1.08 bits per heavy atom. The van der Waals surface area contributed by atoms with Crippen LogP contribution in [0.15, 0.2) is 47.4 Å². The van der Waals surface area contributed by atoms with E-state index < -0.39 is 55.3 Å². The number of anilines is 1. The molecular weight excluding hydrogens is 538 g/mol. The molecule has 3 aromatic carbocycles. The topological polar surface area (TPSA) is 92.8 Å². The van der Waals surface area contributed by atoms with Gasteiger partial charge in [0.1, 0.15) is 16.5 Å². The Kier molecular flexibility index (Phi) is 7.37. The van der Waals surface area contributed by atoms with E-state index in [4.69, 9.17) is 16.3 Å². The average molecular weight is 561 g/mol. The summed E-state index contributed by atoms with van der Waals surface area (Å²) in [5, 5.41) is -0.300. The van der Waals surface area contributed by atoms with Gasteiger partial charge in [0, 0.05) is 30.3 Å². The molecule has 0 radical (unpaired) electrons. The molecule has 11 heteroatoms. The molecule has 0 atom stereocenters. The molecule has 0 aliphatic carbocycles. The van der Waals surface area contributed by atoms with Crippen LogP contribution in [0.3, 0.4) is 0 Å². The molecule has 198 valence electrons. The molecule has 0 bridgehead atoms. The van der Waals surface area contributed by atoms with Crippen molar-refractivity contribution in [1.29, 1.82) is 0 Å². The third kappa shape index (κ3) is 5.59. The van der Waals surface area contributed by atoms with E-state index >= 15 is 0 Å². The van der Waals surface area contributed by atoms with E-state index in [9.17, 15) is 26.8 Å². The SMILES string of the molecule is CC(C)(C)C(=O)Oc1c(Cl)cc(C(=O)N2CCC2)cc1S(=O)(=O)Nc1cc(-c2cc#ccc2)c(F)cc1F. The first-order chi connectivity index (χ1) is 17.8.